The molecule has 0 bridgehead atoms. The Kier molecular flexibility index (Phi) is 3.39. The van der Waals surface area contributed by atoms with E-state index in [4.69, 9.17) is 0 Å². The van der Waals surface area contributed by atoms with Crippen LogP contribution in [-0.4, -0.2) is 59.8 Å². The number of rotatable bonds is 2. The molecule has 2 aliphatic rings. The molecular formula is C9H15BrF2N2. The van der Waals surface area contributed by atoms with Crippen molar-refractivity contribution in [2.24, 2.45) is 0 Å². The van der Waals surface area contributed by atoms with Crippen LogP contribution in [0.25, 0.3) is 0 Å². The Morgan fingerprint density at radius 3 is 2.79 bits per heavy atom. The van der Waals surface area contributed by atoms with E-state index in [1.54, 1.807) is 0 Å². The van der Waals surface area contributed by atoms with Crippen molar-refractivity contribution in [2.75, 3.05) is 32.7 Å². The van der Waals surface area contributed by atoms with Gasteiger partial charge in [-0.3, -0.25) is 9.80 Å². The van der Waals surface area contributed by atoms with Crippen LogP contribution in [-0.2, 0) is 0 Å². The Morgan fingerprint density at radius 1 is 1.29 bits per heavy atom. The Hall–Kier alpha value is 0.260. The Balaban J connectivity index is 1.85. The molecule has 14 heavy (non-hydrogen) atoms. The lowest BCUT2D eigenvalue weighted by molar-refractivity contribution is 0.0429. The average Bonchev–Trinajstić information content (AvgIpc) is 2.42. The third-order valence-corrected chi connectivity index (χ3v) is 3.71. The minimum absolute atomic E-state index is 0.0582. The van der Waals surface area contributed by atoms with E-state index in [9.17, 15) is 8.78 Å². The van der Waals surface area contributed by atoms with Crippen LogP contribution >= 0.6 is 15.9 Å². The lowest BCUT2D eigenvalue weighted by Gasteiger charge is -2.37. The lowest BCUT2D eigenvalue weighted by atomic mass is 10.1. The summed E-state index contributed by atoms with van der Waals surface area (Å²) < 4.78 is 24.4. The Morgan fingerprint density at radius 2 is 2.07 bits per heavy atom. The molecule has 2 nitrogen and oxygen atoms in total. The topological polar surface area (TPSA) is 6.48 Å². The standard InChI is InChI=1S/C9H15BrF2N2/c10-7-3-8-5-13(6-9(11)12)1-2-14(8)4-7/h7-9H,1-6H2. The molecule has 2 fully saturated rings. The van der Waals surface area contributed by atoms with E-state index in [0.29, 0.717) is 10.9 Å². The van der Waals surface area contributed by atoms with E-state index >= 15 is 0 Å². The van der Waals surface area contributed by atoms with Gasteiger partial charge in [-0.15, -0.1) is 0 Å². The zero-order valence-corrected chi connectivity index (χ0v) is 9.59. The summed E-state index contributed by atoms with van der Waals surface area (Å²) in [4.78, 5) is 4.84. The maximum atomic E-state index is 12.2. The van der Waals surface area contributed by atoms with E-state index in [0.717, 1.165) is 32.6 Å². The third-order valence-electron chi connectivity index (χ3n) is 3.05. The van der Waals surface area contributed by atoms with Gasteiger partial charge in [0.15, 0.2) is 0 Å². The first kappa shape index (κ1) is 10.8. The summed E-state index contributed by atoms with van der Waals surface area (Å²) in [7, 11) is 0. The Bertz CT molecular complexity index is 203. The van der Waals surface area contributed by atoms with Crippen LogP contribution in [0.15, 0.2) is 0 Å². The van der Waals surface area contributed by atoms with Gasteiger partial charge in [-0.2, -0.15) is 0 Å². The minimum atomic E-state index is -2.19. The monoisotopic (exact) mass is 268 g/mol. The molecular weight excluding hydrogens is 254 g/mol. The first-order valence-electron chi connectivity index (χ1n) is 5.04. The van der Waals surface area contributed by atoms with E-state index in [-0.39, 0.29) is 6.54 Å². The van der Waals surface area contributed by atoms with Gasteiger partial charge in [0.25, 0.3) is 6.43 Å². The highest BCUT2D eigenvalue weighted by atomic mass is 79.9. The molecule has 0 radical (unpaired) electrons. The number of halogens is 3. The van der Waals surface area contributed by atoms with Crippen LogP contribution in [0.2, 0.25) is 0 Å². The van der Waals surface area contributed by atoms with Crippen LogP contribution in [0.3, 0.4) is 0 Å². The second kappa shape index (κ2) is 4.41. The molecule has 2 heterocycles. The van der Waals surface area contributed by atoms with Crippen LogP contribution < -0.4 is 0 Å². The molecule has 2 saturated heterocycles. The molecule has 2 unspecified atom stereocenters. The van der Waals surface area contributed by atoms with Crippen molar-refractivity contribution < 1.29 is 8.78 Å². The molecule has 2 aliphatic heterocycles. The average molecular weight is 269 g/mol. The molecule has 2 rings (SSSR count). The van der Waals surface area contributed by atoms with Crippen LogP contribution in [0.4, 0.5) is 8.78 Å². The molecule has 0 aliphatic carbocycles. The van der Waals surface area contributed by atoms with Crippen molar-refractivity contribution in [3.63, 3.8) is 0 Å². The van der Waals surface area contributed by atoms with E-state index in [1.807, 2.05) is 4.90 Å². The maximum Gasteiger partial charge on any atom is 0.251 e. The van der Waals surface area contributed by atoms with Crippen molar-refractivity contribution in [1.29, 1.82) is 0 Å². The summed E-state index contributed by atoms with van der Waals surface area (Å²) in [6.45, 7) is 3.57. The smallest absolute Gasteiger partial charge is 0.251 e. The highest BCUT2D eigenvalue weighted by Crippen LogP contribution is 2.26. The summed E-state index contributed by atoms with van der Waals surface area (Å²) in [5.74, 6) is 0. The first-order chi connectivity index (χ1) is 6.65. The molecule has 0 saturated carbocycles. The summed E-state index contributed by atoms with van der Waals surface area (Å²) in [5, 5.41) is 0. The molecule has 0 aromatic carbocycles. The molecule has 0 spiro atoms. The molecule has 2 atom stereocenters. The normalized spacial score (nSPS) is 35.1. The fourth-order valence-electron chi connectivity index (χ4n) is 2.41. The van der Waals surface area contributed by atoms with Gasteiger partial charge in [-0.05, 0) is 6.42 Å². The highest BCUT2D eigenvalue weighted by molar-refractivity contribution is 9.09. The fourth-order valence-corrected chi connectivity index (χ4v) is 3.21. The molecule has 0 N–H and O–H groups in total. The van der Waals surface area contributed by atoms with Crippen molar-refractivity contribution in [3.05, 3.63) is 0 Å². The number of alkyl halides is 3. The van der Waals surface area contributed by atoms with Gasteiger partial charge < -0.3 is 0 Å². The Labute approximate surface area is 91.4 Å². The van der Waals surface area contributed by atoms with Gasteiger partial charge >= 0.3 is 0 Å². The molecule has 5 heteroatoms. The van der Waals surface area contributed by atoms with Gasteiger partial charge in [0.05, 0.1) is 6.54 Å². The number of hydrogen-bond acceptors (Lipinski definition) is 2. The predicted octanol–water partition coefficient (Wildman–Crippen LogP) is 1.40. The van der Waals surface area contributed by atoms with Gasteiger partial charge in [0.1, 0.15) is 0 Å². The van der Waals surface area contributed by atoms with Crippen LogP contribution in [0.5, 0.6) is 0 Å². The zero-order valence-electron chi connectivity index (χ0n) is 8.00. The predicted molar refractivity (Wildman–Crippen MR) is 55.1 cm³/mol. The third kappa shape index (κ3) is 2.44. The summed E-state index contributed by atoms with van der Waals surface area (Å²) >= 11 is 3.59. The minimum Gasteiger partial charge on any atom is -0.297 e. The second-order valence-corrected chi connectivity index (χ2v) is 5.43. The summed E-state index contributed by atoms with van der Waals surface area (Å²) in [6.07, 6.45) is -1.09. The molecule has 0 amide bonds. The van der Waals surface area contributed by atoms with Crippen molar-refractivity contribution in [3.8, 4) is 0 Å². The maximum absolute atomic E-state index is 12.2. The van der Waals surface area contributed by atoms with Crippen molar-refractivity contribution in [1.82, 2.24) is 9.80 Å². The lowest BCUT2D eigenvalue weighted by Crippen LogP contribution is -2.51. The van der Waals surface area contributed by atoms with Crippen molar-refractivity contribution >= 4 is 15.9 Å². The van der Waals surface area contributed by atoms with Gasteiger partial charge in [-0.25, -0.2) is 8.78 Å². The quantitative estimate of drug-likeness (QED) is 0.699. The summed E-state index contributed by atoms with van der Waals surface area (Å²) in [5.41, 5.74) is 0. The van der Waals surface area contributed by atoms with Gasteiger partial charge in [0.2, 0.25) is 0 Å². The zero-order chi connectivity index (χ0) is 10.1. The van der Waals surface area contributed by atoms with E-state index < -0.39 is 6.43 Å². The largest absolute Gasteiger partial charge is 0.297 e. The fraction of sp³-hybridized carbons (Fsp3) is 1.00. The molecule has 0 aromatic rings. The van der Waals surface area contributed by atoms with E-state index in [1.165, 1.54) is 0 Å². The summed E-state index contributed by atoms with van der Waals surface area (Å²) in [6, 6.07) is 0.492. The van der Waals surface area contributed by atoms with Crippen LogP contribution in [0.1, 0.15) is 6.42 Å². The number of nitrogens with zero attached hydrogens (tertiary/aromatic N) is 2. The van der Waals surface area contributed by atoms with E-state index in [2.05, 4.69) is 20.8 Å². The second-order valence-electron chi connectivity index (χ2n) is 4.13. The SMILES string of the molecule is FC(F)CN1CCN2CC(Br)CC2C1. The number of hydrogen-bond donors (Lipinski definition) is 0. The van der Waals surface area contributed by atoms with Gasteiger partial charge in [-0.1, -0.05) is 15.9 Å². The van der Waals surface area contributed by atoms with Gasteiger partial charge in [0, 0.05) is 37.0 Å². The molecule has 0 aromatic heterocycles. The molecule has 82 valence electrons. The van der Waals surface area contributed by atoms with Crippen LogP contribution in [0, 0.1) is 0 Å². The first-order valence-corrected chi connectivity index (χ1v) is 5.95. The number of piperazine rings is 1. The highest BCUT2D eigenvalue weighted by Gasteiger charge is 2.35. The number of fused-ring (bicyclic) bond motifs is 1. The van der Waals surface area contributed by atoms with Crippen molar-refractivity contribution in [2.45, 2.75) is 23.7 Å².